The number of carbonyl (C=O) groups is 2. The van der Waals surface area contributed by atoms with E-state index in [1.54, 1.807) is 24.1 Å². The number of nitrogens with one attached hydrogen (secondary N) is 1. The van der Waals surface area contributed by atoms with Gasteiger partial charge in [-0.1, -0.05) is 4.49 Å². The van der Waals surface area contributed by atoms with Crippen molar-refractivity contribution in [3.05, 3.63) is 29.6 Å². The molecule has 0 atom stereocenters. The first kappa shape index (κ1) is 17.2. The Labute approximate surface area is 147 Å². The predicted octanol–water partition coefficient (Wildman–Crippen LogP) is 0.151. The maximum absolute atomic E-state index is 12.5. The zero-order valence-corrected chi connectivity index (χ0v) is 14.6. The Morgan fingerprint density at radius 1 is 1.44 bits per heavy atom. The van der Waals surface area contributed by atoms with Gasteiger partial charge in [0.1, 0.15) is 0 Å². The molecule has 0 saturated heterocycles. The summed E-state index contributed by atoms with van der Waals surface area (Å²) in [5.74, 6) is -1.41. The lowest BCUT2D eigenvalue weighted by atomic mass is 10.1. The minimum Gasteiger partial charge on any atom is -0.461 e. The highest BCUT2D eigenvalue weighted by Gasteiger charge is 2.31. The zero-order chi connectivity index (χ0) is 18.0. The number of nitrogens with zero attached hydrogens (tertiary/aromatic N) is 4. The summed E-state index contributed by atoms with van der Waals surface area (Å²) >= 11 is 0.814. The number of aromatic nitrogens is 2. The molecule has 3 heterocycles. The summed E-state index contributed by atoms with van der Waals surface area (Å²) in [5.41, 5.74) is -0.0452. The van der Waals surface area contributed by atoms with Crippen molar-refractivity contribution in [2.24, 2.45) is 4.40 Å². The van der Waals surface area contributed by atoms with Crippen LogP contribution < -0.4 is 5.32 Å². The van der Waals surface area contributed by atoms with Crippen LogP contribution in [0.4, 0.5) is 5.00 Å². The monoisotopic (exact) mass is 383 g/mol. The second-order valence-electron chi connectivity index (χ2n) is 4.94. The van der Waals surface area contributed by atoms with Crippen molar-refractivity contribution < 1.29 is 22.7 Å². The van der Waals surface area contributed by atoms with Gasteiger partial charge in [0.2, 0.25) is 5.69 Å². The third-order valence-corrected chi connectivity index (χ3v) is 5.08. The quantitative estimate of drug-likeness (QED) is 0.727. The Hall–Kier alpha value is -2.60. The van der Waals surface area contributed by atoms with E-state index < -0.39 is 21.9 Å². The maximum atomic E-state index is 12.5. The number of ether oxygens (including phenoxy) is 1. The number of sulfonamides is 1. The molecule has 0 fully saturated rings. The van der Waals surface area contributed by atoms with Crippen molar-refractivity contribution in [3.8, 4) is 0 Å². The standard InChI is InChI=1S/C13H13N5O5S2/c1-2-23-13(20)9-12(24-17-15-9)14-11(19)8-4-3-5-18-6-7-25(21,22)16-10(8)18/h3-5H,2,6-7H2,1H3,(H,14,19). The Morgan fingerprint density at radius 2 is 2.24 bits per heavy atom. The topological polar surface area (TPSA) is 131 Å². The van der Waals surface area contributed by atoms with E-state index in [1.165, 1.54) is 6.08 Å². The third kappa shape index (κ3) is 3.58. The first-order chi connectivity index (χ1) is 11.9. The molecule has 0 aliphatic carbocycles. The predicted molar refractivity (Wildman–Crippen MR) is 89.6 cm³/mol. The van der Waals surface area contributed by atoms with Crippen LogP contribution >= 0.6 is 11.5 Å². The van der Waals surface area contributed by atoms with Gasteiger partial charge in [0.05, 0.1) is 17.9 Å². The van der Waals surface area contributed by atoms with Crippen LogP contribution in [0.25, 0.3) is 0 Å². The van der Waals surface area contributed by atoms with E-state index >= 15 is 0 Å². The van der Waals surface area contributed by atoms with Gasteiger partial charge in [-0.2, -0.15) is 0 Å². The van der Waals surface area contributed by atoms with Gasteiger partial charge >= 0.3 is 5.97 Å². The molecular weight excluding hydrogens is 370 g/mol. The number of rotatable bonds is 4. The molecule has 1 amide bonds. The number of esters is 1. The van der Waals surface area contributed by atoms with Crippen molar-refractivity contribution in [3.63, 3.8) is 0 Å². The van der Waals surface area contributed by atoms with Crippen LogP contribution in [0, 0.1) is 0 Å². The molecule has 1 aromatic rings. The van der Waals surface area contributed by atoms with Gasteiger partial charge in [0.15, 0.2) is 10.8 Å². The number of amidine groups is 1. The van der Waals surface area contributed by atoms with Crippen molar-refractivity contribution in [1.82, 2.24) is 14.5 Å². The number of hydrogen-bond donors (Lipinski definition) is 1. The lowest BCUT2D eigenvalue weighted by Gasteiger charge is -2.28. The van der Waals surface area contributed by atoms with E-state index in [1.807, 2.05) is 0 Å². The van der Waals surface area contributed by atoms with Gasteiger partial charge < -0.3 is 15.0 Å². The molecule has 2 aliphatic heterocycles. The molecule has 0 saturated carbocycles. The average molecular weight is 383 g/mol. The molecule has 0 bridgehead atoms. The summed E-state index contributed by atoms with van der Waals surface area (Å²) in [7, 11) is -3.62. The van der Waals surface area contributed by atoms with E-state index in [4.69, 9.17) is 4.74 Å². The number of amides is 1. The molecule has 0 aromatic carbocycles. The van der Waals surface area contributed by atoms with Crippen LogP contribution in [0.15, 0.2) is 28.3 Å². The summed E-state index contributed by atoms with van der Waals surface area (Å²) in [6.45, 7) is 2.01. The molecular formula is C13H13N5O5S2. The lowest BCUT2D eigenvalue weighted by molar-refractivity contribution is -0.112. The fourth-order valence-corrected chi connectivity index (χ4v) is 3.71. The van der Waals surface area contributed by atoms with Crippen LogP contribution in [-0.2, 0) is 19.6 Å². The van der Waals surface area contributed by atoms with Crippen molar-refractivity contribution in [2.45, 2.75) is 6.92 Å². The summed E-state index contributed by atoms with van der Waals surface area (Å²) in [6.07, 6.45) is 4.70. The number of carbonyl (C=O) groups excluding carboxylic acids is 2. The molecule has 12 heteroatoms. The Balaban J connectivity index is 1.86. The third-order valence-electron chi connectivity index (χ3n) is 3.29. The van der Waals surface area contributed by atoms with Gasteiger partial charge in [-0.25, -0.2) is 13.2 Å². The summed E-state index contributed by atoms with van der Waals surface area (Å²) in [4.78, 5) is 25.9. The number of anilines is 1. The van der Waals surface area contributed by atoms with Crippen LogP contribution in [0.1, 0.15) is 17.4 Å². The highest BCUT2D eigenvalue weighted by atomic mass is 32.2. The van der Waals surface area contributed by atoms with Crippen LogP contribution in [-0.4, -0.2) is 59.5 Å². The minimum atomic E-state index is -3.62. The Kier molecular flexibility index (Phi) is 4.63. The highest BCUT2D eigenvalue weighted by Crippen LogP contribution is 2.22. The molecule has 3 rings (SSSR count). The first-order valence-corrected chi connectivity index (χ1v) is 9.58. The molecule has 10 nitrogen and oxygen atoms in total. The summed E-state index contributed by atoms with van der Waals surface area (Å²) < 4.78 is 35.6. The van der Waals surface area contributed by atoms with Gasteiger partial charge in [-0.15, -0.1) is 9.50 Å². The molecule has 1 aromatic heterocycles. The average Bonchev–Trinajstić information content (AvgIpc) is 3.01. The summed E-state index contributed by atoms with van der Waals surface area (Å²) in [6, 6.07) is 0. The smallest absolute Gasteiger partial charge is 0.362 e. The normalized spacial score (nSPS) is 18.0. The SMILES string of the molecule is CCOC(=O)c1nnsc1NC(=O)C1=CC=CN2CCS(=O)(=O)N=C12. The van der Waals surface area contributed by atoms with Crippen molar-refractivity contribution in [1.29, 1.82) is 0 Å². The maximum Gasteiger partial charge on any atom is 0.362 e. The second kappa shape index (κ2) is 6.72. The first-order valence-electron chi connectivity index (χ1n) is 7.20. The number of allylic oxidation sites excluding steroid dienone is 2. The van der Waals surface area contributed by atoms with Crippen molar-refractivity contribution >= 4 is 44.3 Å². The largest absolute Gasteiger partial charge is 0.461 e. The fourth-order valence-electron chi connectivity index (χ4n) is 2.17. The molecule has 1 N–H and O–H groups in total. The molecule has 25 heavy (non-hydrogen) atoms. The van der Waals surface area contributed by atoms with E-state index in [2.05, 4.69) is 19.3 Å². The van der Waals surface area contributed by atoms with E-state index in [9.17, 15) is 18.0 Å². The van der Waals surface area contributed by atoms with Gasteiger partial charge in [0, 0.05) is 24.3 Å². The minimum absolute atomic E-state index is 0.0430. The number of hydrogen-bond acceptors (Lipinski definition) is 9. The van der Waals surface area contributed by atoms with E-state index in [0.717, 1.165) is 11.5 Å². The van der Waals surface area contributed by atoms with Gasteiger partial charge in [0.25, 0.3) is 15.9 Å². The van der Waals surface area contributed by atoms with Crippen LogP contribution in [0.2, 0.25) is 0 Å². The van der Waals surface area contributed by atoms with E-state index in [0.29, 0.717) is 0 Å². The van der Waals surface area contributed by atoms with Gasteiger partial charge in [-0.05, 0) is 19.1 Å². The Bertz CT molecular complexity index is 915. The number of fused-ring (bicyclic) bond motifs is 1. The Morgan fingerprint density at radius 3 is 3.00 bits per heavy atom. The van der Waals surface area contributed by atoms with Gasteiger partial charge in [-0.3, -0.25) is 4.79 Å². The van der Waals surface area contributed by atoms with Crippen molar-refractivity contribution in [2.75, 3.05) is 24.2 Å². The lowest BCUT2D eigenvalue weighted by Crippen LogP contribution is -2.40. The van der Waals surface area contributed by atoms with E-state index in [-0.39, 0.29) is 41.0 Å². The summed E-state index contributed by atoms with van der Waals surface area (Å²) in [5, 5.41) is 6.27. The molecule has 132 valence electrons. The molecule has 0 radical (unpaired) electrons. The zero-order valence-electron chi connectivity index (χ0n) is 13.0. The fraction of sp³-hybridized carbons (Fsp3) is 0.308. The molecule has 0 unspecified atom stereocenters. The van der Waals surface area contributed by atoms with Crippen LogP contribution in [0.3, 0.4) is 0 Å². The molecule has 2 aliphatic rings. The second-order valence-corrected chi connectivity index (χ2v) is 7.45. The highest BCUT2D eigenvalue weighted by molar-refractivity contribution is 7.90. The van der Waals surface area contributed by atoms with Crippen LogP contribution in [0.5, 0.6) is 0 Å². The molecule has 0 spiro atoms.